The van der Waals surface area contributed by atoms with Crippen molar-refractivity contribution in [3.8, 4) is 17.0 Å². The molecule has 0 aliphatic carbocycles. The van der Waals surface area contributed by atoms with E-state index in [0.29, 0.717) is 57.9 Å². The van der Waals surface area contributed by atoms with Crippen molar-refractivity contribution in [3.63, 3.8) is 0 Å². The van der Waals surface area contributed by atoms with Gasteiger partial charge in [-0.25, -0.2) is 4.58 Å². The van der Waals surface area contributed by atoms with Gasteiger partial charge in [0.25, 0.3) is 11.8 Å². The summed E-state index contributed by atoms with van der Waals surface area (Å²) >= 11 is 0. The van der Waals surface area contributed by atoms with E-state index < -0.39 is 29.7 Å². The van der Waals surface area contributed by atoms with Crippen LogP contribution in [0.5, 0.6) is 5.75 Å². The molecule has 0 bridgehead atoms. The highest BCUT2D eigenvalue weighted by atomic mass is 16.5. The Morgan fingerprint density at radius 1 is 0.864 bits per heavy atom. The van der Waals surface area contributed by atoms with E-state index in [1.54, 1.807) is 12.1 Å². The topological polar surface area (TPSA) is 174 Å². The molecule has 1 atom stereocenters. The fraction of sp³-hybridized carbons (Fsp3) is 0.364. The number of nitrogens with one attached hydrogen (secondary N) is 1. The maximum Gasteiger partial charge on any atom is 0.262 e. The van der Waals surface area contributed by atoms with Crippen molar-refractivity contribution in [3.05, 3.63) is 95.1 Å². The van der Waals surface area contributed by atoms with E-state index in [0.717, 1.165) is 57.5 Å². The summed E-state index contributed by atoms with van der Waals surface area (Å²) in [6.45, 7) is 7.37. The zero-order valence-electron chi connectivity index (χ0n) is 32.9. The van der Waals surface area contributed by atoms with Gasteiger partial charge in [0, 0.05) is 42.2 Å². The van der Waals surface area contributed by atoms with Gasteiger partial charge in [-0.3, -0.25) is 34.2 Å². The number of aromatic nitrogens is 2. The third kappa shape index (κ3) is 7.48. The van der Waals surface area contributed by atoms with Crippen LogP contribution in [0, 0.1) is 12.8 Å². The molecule has 3 aromatic carbocycles. The van der Waals surface area contributed by atoms with E-state index in [4.69, 9.17) is 10.5 Å². The number of nitrogens with zero attached hydrogens (tertiary/aromatic N) is 7. The average molecular weight is 797 g/mol. The highest BCUT2D eigenvalue weighted by molar-refractivity contribution is 6.23. The summed E-state index contributed by atoms with van der Waals surface area (Å²) in [6, 6.07) is 22.4. The summed E-state index contributed by atoms with van der Waals surface area (Å²) in [6.07, 6.45) is 3.67. The number of imide groups is 2. The minimum atomic E-state index is -1.00. The molecule has 0 spiro atoms. The molecule has 15 heteroatoms. The van der Waals surface area contributed by atoms with Gasteiger partial charge in [0.2, 0.25) is 17.7 Å². The molecule has 15 nitrogen and oxygen atoms in total. The van der Waals surface area contributed by atoms with E-state index in [9.17, 15) is 24.0 Å². The zero-order chi connectivity index (χ0) is 40.8. The second-order valence-electron chi connectivity index (χ2n) is 16.0. The van der Waals surface area contributed by atoms with E-state index in [2.05, 4.69) is 61.2 Å². The SMILES string of the molecule is Cc1ccccc1-c1cc(N2CC(Oc3cccc(C[N+]4=CCN(C(=O)C5CCN(c6ccc7c(c6)C(=O)N(C6CCC(=O)NC6=O)C7=O)CC5)CC4)c3)C2)c(N)nn1. The van der Waals surface area contributed by atoms with Crippen LogP contribution in [-0.2, 0) is 20.9 Å². The van der Waals surface area contributed by atoms with Crippen LogP contribution >= 0.6 is 0 Å². The molecule has 5 aliphatic heterocycles. The summed E-state index contributed by atoms with van der Waals surface area (Å²) in [5, 5.41) is 10.8. The quantitative estimate of drug-likeness (QED) is 0.188. The van der Waals surface area contributed by atoms with Crippen molar-refractivity contribution in [2.45, 2.75) is 51.3 Å². The molecule has 302 valence electrons. The van der Waals surface area contributed by atoms with E-state index in [1.807, 2.05) is 47.4 Å². The number of aryl methyl sites for hydroxylation is 1. The number of ether oxygens (including phenoxy) is 1. The number of rotatable bonds is 9. The average Bonchev–Trinajstić information content (AvgIpc) is 3.47. The number of fused-ring (bicyclic) bond motifs is 1. The Kier molecular flexibility index (Phi) is 10.0. The van der Waals surface area contributed by atoms with Crippen molar-refractivity contribution in [2.24, 2.45) is 5.92 Å². The van der Waals surface area contributed by atoms with Gasteiger partial charge in [-0.2, -0.15) is 0 Å². The molecular formula is C44H46N9O6+. The first-order valence-electron chi connectivity index (χ1n) is 20.3. The number of carbonyl (C=O) groups excluding carboxylic acids is 5. The molecule has 1 aromatic heterocycles. The monoisotopic (exact) mass is 796 g/mol. The molecule has 9 rings (SSSR count). The molecule has 3 fully saturated rings. The molecule has 0 radical (unpaired) electrons. The van der Waals surface area contributed by atoms with Gasteiger partial charge in [-0.1, -0.05) is 36.4 Å². The Labute approximate surface area is 341 Å². The standard InChI is InChI=1S/C44H45N9O6/c1-27-5-2-3-8-33(27)36-23-38(40(45)48-47-36)52-25-32(26-52)59-31-7-4-6-28(21-31)24-49-17-19-51(20-18-49)42(56)29-13-15-50(16-14-29)30-9-10-34-35(22-30)44(58)53(43(34)57)37-11-12-39(54)46-41(37)55/h2-10,17,21-23,29,32,37H,11-16,18-20,24-26H2,1H3,(H2-,45,46,48,54,55)/p+1. The molecule has 3 N–H and O–H groups in total. The summed E-state index contributed by atoms with van der Waals surface area (Å²) in [5.41, 5.74) is 12.5. The van der Waals surface area contributed by atoms with E-state index in [1.165, 1.54) is 0 Å². The summed E-state index contributed by atoms with van der Waals surface area (Å²) in [5.74, 6) is -0.789. The fourth-order valence-corrected chi connectivity index (χ4v) is 8.78. The zero-order valence-corrected chi connectivity index (χ0v) is 32.9. The van der Waals surface area contributed by atoms with Crippen LogP contribution in [0.1, 0.15) is 57.5 Å². The number of nitrogens with two attached hydrogens (primary N) is 1. The Morgan fingerprint density at radius 3 is 2.42 bits per heavy atom. The second kappa shape index (κ2) is 15.6. The lowest BCUT2D eigenvalue weighted by molar-refractivity contribution is -0.544. The molecular weight excluding hydrogens is 751 g/mol. The van der Waals surface area contributed by atoms with E-state index in [-0.39, 0.29) is 41.9 Å². The lowest BCUT2D eigenvalue weighted by atomic mass is 9.94. The highest BCUT2D eigenvalue weighted by Crippen LogP contribution is 2.34. The van der Waals surface area contributed by atoms with Gasteiger partial charge < -0.3 is 25.2 Å². The van der Waals surface area contributed by atoms with Gasteiger partial charge >= 0.3 is 0 Å². The number of hydrogen-bond acceptors (Lipinski definition) is 11. The molecule has 6 heterocycles. The summed E-state index contributed by atoms with van der Waals surface area (Å²) in [7, 11) is 0. The Morgan fingerprint density at radius 2 is 1.66 bits per heavy atom. The summed E-state index contributed by atoms with van der Waals surface area (Å²) in [4.78, 5) is 71.4. The summed E-state index contributed by atoms with van der Waals surface area (Å²) < 4.78 is 8.62. The third-order valence-corrected chi connectivity index (χ3v) is 12.2. The molecule has 5 aliphatic rings. The lowest BCUT2D eigenvalue weighted by Crippen LogP contribution is -2.54. The predicted octanol–water partition coefficient (Wildman–Crippen LogP) is 3.05. The Hall–Kier alpha value is -6.64. The molecule has 5 amide bonds. The van der Waals surface area contributed by atoms with Crippen molar-refractivity contribution in [2.75, 3.05) is 61.3 Å². The molecule has 59 heavy (non-hydrogen) atoms. The van der Waals surface area contributed by atoms with Crippen LogP contribution in [0.4, 0.5) is 17.2 Å². The van der Waals surface area contributed by atoms with Crippen LogP contribution in [0.2, 0.25) is 0 Å². The highest BCUT2D eigenvalue weighted by Gasteiger charge is 2.45. The number of piperidine rings is 2. The van der Waals surface area contributed by atoms with Crippen molar-refractivity contribution in [1.29, 1.82) is 0 Å². The normalized spacial score (nSPS) is 20.0. The van der Waals surface area contributed by atoms with Gasteiger partial charge in [0.15, 0.2) is 25.1 Å². The fourth-order valence-electron chi connectivity index (χ4n) is 8.78. The van der Waals surface area contributed by atoms with Gasteiger partial charge in [-0.15, -0.1) is 10.2 Å². The van der Waals surface area contributed by atoms with Gasteiger partial charge in [0.05, 0.1) is 48.7 Å². The largest absolute Gasteiger partial charge is 0.487 e. The van der Waals surface area contributed by atoms with Gasteiger partial charge in [-0.05, 0) is 68.1 Å². The number of carbonyl (C=O) groups is 5. The molecule has 1 unspecified atom stereocenters. The Bertz CT molecular complexity index is 2400. The number of nitrogen functional groups attached to an aromatic ring is 1. The number of benzene rings is 3. The Balaban J connectivity index is 0.746. The molecule has 3 saturated heterocycles. The van der Waals surface area contributed by atoms with Crippen LogP contribution in [0.25, 0.3) is 11.3 Å². The van der Waals surface area contributed by atoms with Crippen LogP contribution < -0.4 is 25.6 Å². The number of hydrogen-bond donors (Lipinski definition) is 2. The first-order chi connectivity index (χ1) is 28.6. The lowest BCUT2D eigenvalue weighted by Gasteiger charge is -2.40. The van der Waals surface area contributed by atoms with Crippen LogP contribution in [0.15, 0.2) is 72.8 Å². The predicted molar refractivity (Wildman–Crippen MR) is 219 cm³/mol. The van der Waals surface area contributed by atoms with Crippen molar-refractivity contribution < 1.29 is 33.3 Å². The van der Waals surface area contributed by atoms with Crippen molar-refractivity contribution >= 4 is 52.9 Å². The molecule has 0 saturated carbocycles. The smallest absolute Gasteiger partial charge is 0.262 e. The minimum absolute atomic E-state index is 0.0221. The number of anilines is 3. The molecule has 4 aromatic rings. The van der Waals surface area contributed by atoms with Crippen LogP contribution in [-0.4, -0.2) is 118 Å². The third-order valence-electron chi connectivity index (χ3n) is 12.2. The van der Waals surface area contributed by atoms with E-state index >= 15 is 0 Å². The van der Waals surface area contributed by atoms with Gasteiger partial charge in [0.1, 0.15) is 17.9 Å². The second-order valence-corrected chi connectivity index (χ2v) is 16.0. The first kappa shape index (κ1) is 37.9. The first-order valence-corrected chi connectivity index (χ1v) is 20.3. The number of amides is 5. The maximum atomic E-state index is 13.6. The minimum Gasteiger partial charge on any atom is -0.487 e. The maximum absolute atomic E-state index is 13.6. The van der Waals surface area contributed by atoms with Crippen molar-refractivity contribution in [1.82, 2.24) is 25.3 Å². The van der Waals surface area contributed by atoms with Crippen LogP contribution in [0.3, 0.4) is 0 Å².